The van der Waals surface area contributed by atoms with Crippen molar-refractivity contribution in [3.8, 4) is 0 Å². The number of rotatable bonds is 7. The van der Waals surface area contributed by atoms with E-state index in [0.29, 0.717) is 13.1 Å². The first-order valence-corrected chi connectivity index (χ1v) is 8.40. The molecule has 128 valence electrons. The third-order valence-electron chi connectivity index (χ3n) is 4.35. The summed E-state index contributed by atoms with van der Waals surface area (Å²) in [5.74, 6) is 1.03. The summed E-state index contributed by atoms with van der Waals surface area (Å²) in [6.07, 6.45) is 1.69. The van der Waals surface area contributed by atoms with E-state index < -0.39 is 0 Å². The van der Waals surface area contributed by atoms with Crippen LogP contribution in [0.25, 0.3) is 0 Å². The first-order chi connectivity index (χ1) is 11.7. The SMILES string of the molecule is Cc1ccc(C(=O)CNCC(c2ccco2)N2CCOCC2)cc1. The van der Waals surface area contributed by atoms with Gasteiger partial charge in [0.1, 0.15) is 5.76 Å². The maximum absolute atomic E-state index is 12.3. The molecule has 1 fully saturated rings. The van der Waals surface area contributed by atoms with E-state index in [1.807, 2.05) is 43.3 Å². The molecule has 0 aliphatic carbocycles. The Morgan fingerprint density at radius 2 is 1.96 bits per heavy atom. The van der Waals surface area contributed by atoms with Gasteiger partial charge in [-0.3, -0.25) is 9.69 Å². The van der Waals surface area contributed by atoms with Crippen molar-refractivity contribution < 1.29 is 13.9 Å². The summed E-state index contributed by atoms with van der Waals surface area (Å²) < 4.78 is 11.0. The molecule has 0 saturated carbocycles. The van der Waals surface area contributed by atoms with Crippen molar-refractivity contribution in [1.29, 1.82) is 0 Å². The molecule has 2 heterocycles. The molecule has 1 aromatic carbocycles. The number of carbonyl (C=O) groups is 1. The van der Waals surface area contributed by atoms with Gasteiger partial charge < -0.3 is 14.5 Å². The average molecular weight is 328 g/mol. The molecule has 0 radical (unpaired) electrons. The van der Waals surface area contributed by atoms with E-state index in [4.69, 9.17) is 9.15 Å². The molecule has 1 aliphatic rings. The Morgan fingerprint density at radius 1 is 1.21 bits per heavy atom. The molecular formula is C19H24N2O3. The number of Topliss-reactive ketones (excluding diaryl/α,β-unsaturated/α-hetero) is 1. The van der Waals surface area contributed by atoms with E-state index in [1.54, 1.807) is 6.26 Å². The van der Waals surface area contributed by atoms with Crippen LogP contribution in [0, 0.1) is 6.92 Å². The van der Waals surface area contributed by atoms with Gasteiger partial charge in [-0.15, -0.1) is 0 Å². The van der Waals surface area contributed by atoms with E-state index in [1.165, 1.54) is 0 Å². The van der Waals surface area contributed by atoms with Crippen molar-refractivity contribution >= 4 is 5.78 Å². The maximum atomic E-state index is 12.3. The minimum Gasteiger partial charge on any atom is -0.468 e. The summed E-state index contributed by atoms with van der Waals surface area (Å²) in [4.78, 5) is 14.6. The van der Waals surface area contributed by atoms with Crippen LogP contribution in [-0.2, 0) is 4.74 Å². The van der Waals surface area contributed by atoms with Gasteiger partial charge in [0.2, 0.25) is 0 Å². The number of hydrogen-bond donors (Lipinski definition) is 1. The fraction of sp³-hybridized carbons (Fsp3) is 0.421. The maximum Gasteiger partial charge on any atom is 0.176 e. The van der Waals surface area contributed by atoms with Crippen molar-refractivity contribution in [3.63, 3.8) is 0 Å². The van der Waals surface area contributed by atoms with Crippen LogP contribution in [0.5, 0.6) is 0 Å². The van der Waals surface area contributed by atoms with Gasteiger partial charge in [-0.05, 0) is 19.1 Å². The van der Waals surface area contributed by atoms with Crippen LogP contribution in [-0.4, -0.2) is 50.1 Å². The summed E-state index contributed by atoms with van der Waals surface area (Å²) >= 11 is 0. The fourth-order valence-electron chi connectivity index (χ4n) is 2.94. The van der Waals surface area contributed by atoms with Gasteiger partial charge in [-0.2, -0.15) is 0 Å². The molecule has 1 unspecified atom stereocenters. The lowest BCUT2D eigenvalue weighted by molar-refractivity contribution is 0.0118. The second kappa shape index (κ2) is 8.24. The van der Waals surface area contributed by atoms with Gasteiger partial charge in [0.15, 0.2) is 5.78 Å². The smallest absolute Gasteiger partial charge is 0.176 e. The first kappa shape index (κ1) is 16.9. The van der Waals surface area contributed by atoms with Crippen LogP contribution in [0.1, 0.15) is 27.7 Å². The van der Waals surface area contributed by atoms with Gasteiger partial charge in [0.05, 0.1) is 32.1 Å². The number of ether oxygens (including phenoxy) is 1. The lowest BCUT2D eigenvalue weighted by Crippen LogP contribution is -2.43. The third-order valence-corrected chi connectivity index (χ3v) is 4.35. The third kappa shape index (κ3) is 4.32. The van der Waals surface area contributed by atoms with Gasteiger partial charge in [0.25, 0.3) is 0 Å². The van der Waals surface area contributed by atoms with Crippen LogP contribution in [0.3, 0.4) is 0 Å². The largest absolute Gasteiger partial charge is 0.468 e. The van der Waals surface area contributed by atoms with Gasteiger partial charge >= 0.3 is 0 Å². The van der Waals surface area contributed by atoms with Gasteiger partial charge in [-0.1, -0.05) is 29.8 Å². The summed E-state index contributed by atoms with van der Waals surface area (Å²) in [6, 6.07) is 11.7. The Balaban J connectivity index is 1.57. The van der Waals surface area contributed by atoms with Crippen molar-refractivity contribution in [2.75, 3.05) is 39.4 Å². The number of nitrogens with zero attached hydrogens (tertiary/aromatic N) is 1. The number of carbonyl (C=O) groups excluding carboxylic acids is 1. The molecule has 1 aromatic heterocycles. The highest BCUT2D eigenvalue weighted by Crippen LogP contribution is 2.21. The average Bonchev–Trinajstić information content (AvgIpc) is 3.14. The summed E-state index contributed by atoms with van der Waals surface area (Å²) in [5, 5.41) is 3.29. The zero-order chi connectivity index (χ0) is 16.8. The van der Waals surface area contributed by atoms with E-state index >= 15 is 0 Å². The molecule has 1 aliphatic heterocycles. The Bertz CT molecular complexity index is 631. The lowest BCUT2D eigenvalue weighted by atomic mass is 10.1. The summed E-state index contributed by atoms with van der Waals surface area (Å²) in [6.45, 7) is 6.23. The predicted octanol–water partition coefficient (Wildman–Crippen LogP) is 2.43. The summed E-state index contributed by atoms with van der Waals surface area (Å²) in [5.41, 5.74) is 1.90. The normalized spacial score (nSPS) is 16.9. The molecule has 5 nitrogen and oxygen atoms in total. The second-order valence-corrected chi connectivity index (χ2v) is 6.10. The topological polar surface area (TPSA) is 54.7 Å². The standard InChI is InChI=1S/C19H24N2O3/c1-15-4-6-16(7-5-15)18(22)14-20-13-17(19-3-2-10-24-19)21-8-11-23-12-9-21/h2-7,10,17,20H,8-9,11-14H2,1H3. The quantitative estimate of drug-likeness (QED) is 0.791. The van der Waals surface area contributed by atoms with E-state index in [2.05, 4.69) is 10.2 Å². The molecule has 0 spiro atoms. The number of aryl methyl sites for hydroxylation is 1. The van der Waals surface area contributed by atoms with Gasteiger partial charge in [0, 0.05) is 25.2 Å². The highest BCUT2D eigenvalue weighted by Gasteiger charge is 2.24. The number of ketones is 1. The molecule has 1 saturated heterocycles. The van der Waals surface area contributed by atoms with Crippen LogP contribution in [0.2, 0.25) is 0 Å². The molecule has 24 heavy (non-hydrogen) atoms. The van der Waals surface area contributed by atoms with Crippen molar-refractivity contribution in [1.82, 2.24) is 10.2 Å². The Labute approximate surface area is 142 Å². The Hall–Kier alpha value is -1.95. The van der Waals surface area contributed by atoms with Crippen LogP contribution in [0.15, 0.2) is 47.1 Å². The van der Waals surface area contributed by atoms with E-state index in [0.717, 1.165) is 43.2 Å². The highest BCUT2D eigenvalue weighted by molar-refractivity contribution is 5.97. The molecular weight excluding hydrogens is 304 g/mol. The minimum absolute atomic E-state index is 0.107. The van der Waals surface area contributed by atoms with E-state index in [9.17, 15) is 4.79 Å². The monoisotopic (exact) mass is 328 g/mol. The lowest BCUT2D eigenvalue weighted by Gasteiger charge is -2.33. The van der Waals surface area contributed by atoms with Crippen molar-refractivity contribution in [2.45, 2.75) is 13.0 Å². The fourth-order valence-corrected chi connectivity index (χ4v) is 2.94. The second-order valence-electron chi connectivity index (χ2n) is 6.10. The molecule has 0 bridgehead atoms. The Morgan fingerprint density at radius 3 is 2.62 bits per heavy atom. The van der Waals surface area contributed by atoms with Crippen LogP contribution < -0.4 is 5.32 Å². The molecule has 5 heteroatoms. The molecule has 0 amide bonds. The molecule has 1 N–H and O–H groups in total. The van der Waals surface area contributed by atoms with E-state index in [-0.39, 0.29) is 11.8 Å². The minimum atomic E-state index is 0.107. The predicted molar refractivity (Wildman–Crippen MR) is 92.2 cm³/mol. The van der Waals surface area contributed by atoms with Crippen LogP contribution >= 0.6 is 0 Å². The zero-order valence-corrected chi connectivity index (χ0v) is 14.0. The highest BCUT2D eigenvalue weighted by atomic mass is 16.5. The van der Waals surface area contributed by atoms with Crippen molar-refractivity contribution in [2.24, 2.45) is 0 Å². The number of morpholine rings is 1. The molecule has 2 aromatic rings. The summed E-state index contributed by atoms with van der Waals surface area (Å²) in [7, 11) is 0. The zero-order valence-electron chi connectivity index (χ0n) is 14.0. The molecule has 3 rings (SSSR count). The van der Waals surface area contributed by atoms with Gasteiger partial charge in [-0.25, -0.2) is 0 Å². The number of benzene rings is 1. The van der Waals surface area contributed by atoms with Crippen molar-refractivity contribution in [3.05, 3.63) is 59.5 Å². The molecule has 1 atom stereocenters. The number of hydrogen-bond acceptors (Lipinski definition) is 5. The first-order valence-electron chi connectivity index (χ1n) is 8.40. The van der Waals surface area contributed by atoms with Crippen LogP contribution in [0.4, 0.5) is 0 Å². The Kier molecular flexibility index (Phi) is 5.80. The number of furan rings is 1. The number of nitrogens with one attached hydrogen (secondary N) is 1.